The predicted molar refractivity (Wildman–Crippen MR) is 131 cm³/mol. The van der Waals surface area contributed by atoms with Crippen molar-refractivity contribution in [2.45, 2.75) is 38.1 Å². The van der Waals surface area contributed by atoms with Gasteiger partial charge >= 0.3 is 0 Å². The normalized spacial score (nSPS) is 18.5. The lowest BCUT2D eigenvalue weighted by Gasteiger charge is -2.40. The molecule has 1 heterocycles. The van der Waals surface area contributed by atoms with Crippen LogP contribution >= 0.6 is 15.9 Å². The molecule has 2 aromatic rings. The molecule has 2 aliphatic rings. The molecule has 2 aromatic carbocycles. The quantitative estimate of drug-likeness (QED) is 0.625. The standard InChI is InChI=1S/C26H32BrN3O2/c27-23-12-6-11-22(19-23)26(32)30-17-15-29(16-18-30)24(21-9-4-5-10-21)25(31)28-14-13-20-7-2-1-3-8-20/h1-3,6-8,11-12,19,21,24H,4-5,9-10,13-18H2,(H,28,31). The van der Waals surface area contributed by atoms with E-state index >= 15 is 0 Å². The molecular formula is C26H32BrN3O2. The van der Waals surface area contributed by atoms with Crippen molar-refractivity contribution in [3.8, 4) is 0 Å². The largest absolute Gasteiger partial charge is 0.354 e. The highest BCUT2D eigenvalue weighted by Crippen LogP contribution is 2.31. The lowest BCUT2D eigenvalue weighted by molar-refractivity contribution is -0.129. The van der Waals surface area contributed by atoms with Gasteiger partial charge in [0.25, 0.3) is 5.91 Å². The second-order valence-corrected chi connectivity index (χ2v) is 9.77. The van der Waals surface area contributed by atoms with Crippen LogP contribution in [0.3, 0.4) is 0 Å². The van der Waals surface area contributed by atoms with Gasteiger partial charge in [-0.1, -0.05) is 65.2 Å². The van der Waals surface area contributed by atoms with Crippen LogP contribution in [0.5, 0.6) is 0 Å². The fraction of sp³-hybridized carbons (Fsp3) is 0.462. The number of hydrogen-bond acceptors (Lipinski definition) is 3. The highest BCUT2D eigenvalue weighted by molar-refractivity contribution is 9.10. The summed E-state index contributed by atoms with van der Waals surface area (Å²) in [5, 5.41) is 3.21. The zero-order valence-corrected chi connectivity index (χ0v) is 20.1. The van der Waals surface area contributed by atoms with Gasteiger partial charge in [-0.25, -0.2) is 0 Å². The van der Waals surface area contributed by atoms with Crippen molar-refractivity contribution in [3.63, 3.8) is 0 Å². The third kappa shape index (κ3) is 5.78. The summed E-state index contributed by atoms with van der Waals surface area (Å²) < 4.78 is 0.912. The number of nitrogens with one attached hydrogen (secondary N) is 1. The number of amides is 2. The minimum Gasteiger partial charge on any atom is -0.354 e. The summed E-state index contributed by atoms with van der Waals surface area (Å²) in [7, 11) is 0. The number of rotatable bonds is 7. The van der Waals surface area contributed by atoms with E-state index in [1.807, 2.05) is 47.4 Å². The molecule has 0 aromatic heterocycles. The van der Waals surface area contributed by atoms with E-state index in [9.17, 15) is 9.59 Å². The molecule has 1 N–H and O–H groups in total. The van der Waals surface area contributed by atoms with Crippen molar-refractivity contribution in [2.75, 3.05) is 32.7 Å². The van der Waals surface area contributed by atoms with Crippen molar-refractivity contribution in [2.24, 2.45) is 5.92 Å². The lowest BCUT2D eigenvalue weighted by atomic mass is 9.94. The van der Waals surface area contributed by atoms with Crippen LogP contribution in [0.25, 0.3) is 0 Å². The summed E-state index contributed by atoms with van der Waals surface area (Å²) in [6, 6.07) is 17.7. The molecular weight excluding hydrogens is 466 g/mol. The Morgan fingerprint density at radius 2 is 1.69 bits per heavy atom. The van der Waals surface area contributed by atoms with E-state index in [1.165, 1.54) is 18.4 Å². The van der Waals surface area contributed by atoms with Gasteiger partial charge in [0.1, 0.15) is 0 Å². The highest BCUT2D eigenvalue weighted by Gasteiger charge is 2.37. The SMILES string of the molecule is O=C(NCCc1ccccc1)C(C1CCCC1)N1CCN(C(=O)c2cccc(Br)c2)CC1. The second kappa shape index (κ2) is 11.1. The third-order valence-corrected chi connectivity index (χ3v) is 7.23. The minimum absolute atomic E-state index is 0.0654. The van der Waals surface area contributed by atoms with E-state index in [0.717, 1.165) is 36.8 Å². The molecule has 0 bridgehead atoms. The molecule has 2 amide bonds. The number of hydrogen-bond donors (Lipinski definition) is 1. The van der Waals surface area contributed by atoms with E-state index in [1.54, 1.807) is 0 Å². The average Bonchev–Trinajstić information content (AvgIpc) is 3.34. The van der Waals surface area contributed by atoms with E-state index in [4.69, 9.17) is 0 Å². The van der Waals surface area contributed by atoms with Gasteiger partial charge < -0.3 is 10.2 Å². The molecule has 5 nitrogen and oxygen atoms in total. The van der Waals surface area contributed by atoms with Crippen molar-refractivity contribution < 1.29 is 9.59 Å². The summed E-state index contributed by atoms with van der Waals surface area (Å²) >= 11 is 3.45. The molecule has 1 saturated heterocycles. The van der Waals surface area contributed by atoms with Crippen molar-refractivity contribution >= 4 is 27.7 Å². The van der Waals surface area contributed by atoms with E-state index in [2.05, 4.69) is 38.3 Å². The number of carbonyl (C=O) groups is 2. The molecule has 0 spiro atoms. The Labute approximate surface area is 199 Å². The van der Waals surface area contributed by atoms with Crippen LogP contribution in [0.1, 0.15) is 41.6 Å². The molecule has 2 fully saturated rings. The minimum atomic E-state index is -0.0867. The molecule has 6 heteroatoms. The van der Waals surface area contributed by atoms with Crippen LogP contribution in [0.4, 0.5) is 0 Å². The zero-order valence-electron chi connectivity index (χ0n) is 18.5. The fourth-order valence-electron chi connectivity index (χ4n) is 5.04. The van der Waals surface area contributed by atoms with Gasteiger partial charge in [-0.05, 0) is 48.9 Å². The van der Waals surface area contributed by atoms with Crippen LogP contribution in [0, 0.1) is 5.92 Å². The summed E-state index contributed by atoms with van der Waals surface area (Å²) in [5.74, 6) is 0.634. The Bertz CT molecular complexity index is 906. The maximum Gasteiger partial charge on any atom is 0.253 e. The molecule has 1 aliphatic heterocycles. The Balaban J connectivity index is 1.35. The van der Waals surface area contributed by atoms with Crippen LogP contribution in [0.2, 0.25) is 0 Å². The van der Waals surface area contributed by atoms with Crippen molar-refractivity contribution in [1.82, 2.24) is 15.1 Å². The summed E-state index contributed by atoms with van der Waals surface area (Å²) in [6.45, 7) is 3.46. The maximum absolute atomic E-state index is 13.3. The van der Waals surface area contributed by atoms with E-state index < -0.39 is 0 Å². The number of piperazine rings is 1. The highest BCUT2D eigenvalue weighted by atomic mass is 79.9. The third-order valence-electron chi connectivity index (χ3n) is 6.74. The topological polar surface area (TPSA) is 52.7 Å². The van der Waals surface area contributed by atoms with Gasteiger partial charge in [0.2, 0.25) is 5.91 Å². The molecule has 1 atom stereocenters. The number of halogens is 1. The first kappa shape index (κ1) is 23.0. The van der Waals surface area contributed by atoms with Crippen LogP contribution in [0.15, 0.2) is 59.1 Å². The first-order valence-electron chi connectivity index (χ1n) is 11.7. The van der Waals surface area contributed by atoms with Gasteiger partial charge in [-0.15, -0.1) is 0 Å². The van der Waals surface area contributed by atoms with Gasteiger partial charge in [0.15, 0.2) is 0 Å². The average molecular weight is 498 g/mol. The van der Waals surface area contributed by atoms with Crippen molar-refractivity contribution in [3.05, 3.63) is 70.2 Å². The van der Waals surface area contributed by atoms with Crippen LogP contribution in [-0.2, 0) is 11.2 Å². The Morgan fingerprint density at radius 3 is 2.38 bits per heavy atom. The Hall–Kier alpha value is -2.18. The molecule has 32 heavy (non-hydrogen) atoms. The fourth-order valence-corrected chi connectivity index (χ4v) is 5.44. The molecule has 1 saturated carbocycles. The van der Waals surface area contributed by atoms with Gasteiger partial charge in [-0.3, -0.25) is 14.5 Å². The van der Waals surface area contributed by atoms with Crippen LogP contribution < -0.4 is 5.32 Å². The second-order valence-electron chi connectivity index (χ2n) is 8.85. The Morgan fingerprint density at radius 1 is 0.969 bits per heavy atom. The van der Waals surface area contributed by atoms with Crippen LogP contribution in [-0.4, -0.2) is 60.4 Å². The molecule has 1 unspecified atom stereocenters. The monoisotopic (exact) mass is 497 g/mol. The zero-order chi connectivity index (χ0) is 22.3. The molecule has 4 rings (SSSR count). The smallest absolute Gasteiger partial charge is 0.253 e. The number of nitrogens with zero attached hydrogens (tertiary/aromatic N) is 2. The van der Waals surface area contributed by atoms with E-state index in [-0.39, 0.29) is 17.9 Å². The summed E-state index contributed by atoms with van der Waals surface area (Å²) in [5.41, 5.74) is 1.95. The molecule has 170 valence electrons. The van der Waals surface area contributed by atoms with Gasteiger partial charge in [0.05, 0.1) is 6.04 Å². The van der Waals surface area contributed by atoms with Gasteiger partial charge in [0, 0.05) is 42.8 Å². The first-order chi connectivity index (χ1) is 15.6. The predicted octanol–water partition coefficient (Wildman–Crippen LogP) is 4.12. The van der Waals surface area contributed by atoms with Crippen molar-refractivity contribution in [1.29, 1.82) is 0 Å². The Kier molecular flexibility index (Phi) is 7.98. The van der Waals surface area contributed by atoms with Gasteiger partial charge in [-0.2, -0.15) is 0 Å². The maximum atomic E-state index is 13.3. The van der Waals surface area contributed by atoms with E-state index in [0.29, 0.717) is 31.1 Å². The number of carbonyl (C=O) groups excluding carboxylic acids is 2. The summed E-state index contributed by atoms with van der Waals surface area (Å²) in [6.07, 6.45) is 5.50. The lowest BCUT2D eigenvalue weighted by Crippen LogP contribution is -2.58. The summed E-state index contributed by atoms with van der Waals surface area (Å²) in [4.78, 5) is 30.4. The molecule has 0 radical (unpaired) electrons. The molecule has 1 aliphatic carbocycles. The first-order valence-corrected chi connectivity index (χ1v) is 12.5. The number of benzene rings is 2.